The minimum atomic E-state index is -0.396. The molecule has 3 aromatic carbocycles. The standard InChI is InChI=1S/C22H19N3O4/c1-28-16-10-9-15(19(11-16)29-2)12-23-24-20(26)13-25-18-8-4-6-14-5-3-7-17(21(14)18)22(25)27/h3-12H,13H2,1-2H3,(H,24,26)/b23-12+. The summed E-state index contributed by atoms with van der Waals surface area (Å²) in [5, 5.41) is 5.83. The Bertz CT molecular complexity index is 1130. The van der Waals surface area contributed by atoms with E-state index in [2.05, 4.69) is 10.5 Å². The molecule has 29 heavy (non-hydrogen) atoms. The molecule has 1 heterocycles. The highest BCUT2D eigenvalue weighted by Crippen LogP contribution is 2.36. The Kier molecular flexibility index (Phi) is 4.87. The maximum atomic E-state index is 12.7. The zero-order valence-corrected chi connectivity index (χ0v) is 16.0. The van der Waals surface area contributed by atoms with Crippen molar-refractivity contribution >= 4 is 34.5 Å². The Labute approximate surface area is 167 Å². The minimum absolute atomic E-state index is 0.121. The van der Waals surface area contributed by atoms with Crippen molar-refractivity contribution in [2.45, 2.75) is 0 Å². The fourth-order valence-corrected chi connectivity index (χ4v) is 3.41. The largest absolute Gasteiger partial charge is 0.497 e. The van der Waals surface area contributed by atoms with Crippen LogP contribution in [0.15, 0.2) is 59.7 Å². The van der Waals surface area contributed by atoms with E-state index in [-0.39, 0.29) is 12.5 Å². The minimum Gasteiger partial charge on any atom is -0.497 e. The Morgan fingerprint density at radius 2 is 1.90 bits per heavy atom. The third-order valence-corrected chi connectivity index (χ3v) is 4.78. The van der Waals surface area contributed by atoms with E-state index in [1.807, 2.05) is 30.3 Å². The molecule has 0 atom stereocenters. The second-order valence-electron chi connectivity index (χ2n) is 6.47. The van der Waals surface area contributed by atoms with Gasteiger partial charge in [0.05, 0.1) is 26.1 Å². The van der Waals surface area contributed by atoms with Crippen LogP contribution < -0.4 is 19.8 Å². The van der Waals surface area contributed by atoms with Gasteiger partial charge in [-0.05, 0) is 29.7 Å². The molecule has 146 valence electrons. The van der Waals surface area contributed by atoms with Crippen LogP contribution in [0.1, 0.15) is 15.9 Å². The Morgan fingerprint density at radius 1 is 1.10 bits per heavy atom. The van der Waals surface area contributed by atoms with Crippen molar-refractivity contribution in [2.24, 2.45) is 5.10 Å². The number of hydrazone groups is 1. The van der Waals surface area contributed by atoms with Crippen LogP contribution in [0.2, 0.25) is 0 Å². The summed E-state index contributed by atoms with van der Waals surface area (Å²) in [6.07, 6.45) is 1.48. The van der Waals surface area contributed by atoms with E-state index in [0.717, 1.165) is 16.5 Å². The van der Waals surface area contributed by atoms with Crippen LogP contribution in [-0.2, 0) is 4.79 Å². The Hall–Kier alpha value is -3.87. The number of hydrogen-bond donors (Lipinski definition) is 1. The number of anilines is 1. The molecule has 0 aromatic heterocycles. The normalized spacial score (nSPS) is 12.6. The summed E-state index contributed by atoms with van der Waals surface area (Å²) in [6.45, 7) is -0.121. The fraction of sp³-hybridized carbons (Fsp3) is 0.136. The molecule has 1 N–H and O–H groups in total. The number of ether oxygens (including phenoxy) is 2. The summed E-state index contributed by atoms with van der Waals surface area (Å²) >= 11 is 0. The monoisotopic (exact) mass is 389 g/mol. The molecule has 1 aliphatic rings. The number of benzene rings is 3. The first kappa shape index (κ1) is 18.5. The fourth-order valence-electron chi connectivity index (χ4n) is 3.41. The second kappa shape index (κ2) is 7.63. The van der Waals surface area contributed by atoms with Gasteiger partial charge in [0, 0.05) is 22.6 Å². The van der Waals surface area contributed by atoms with E-state index in [0.29, 0.717) is 22.6 Å². The molecule has 0 bridgehead atoms. The predicted molar refractivity (Wildman–Crippen MR) is 111 cm³/mol. The Morgan fingerprint density at radius 3 is 2.66 bits per heavy atom. The van der Waals surface area contributed by atoms with Gasteiger partial charge in [0.1, 0.15) is 18.0 Å². The molecule has 4 rings (SSSR count). The smallest absolute Gasteiger partial charge is 0.260 e. The first-order valence-electron chi connectivity index (χ1n) is 9.00. The molecule has 2 amide bonds. The molecule has 7 heteroatoms. The lowest BCUT2D eigenvalue weighted by Crippen LogP contribution is -2.37. The number of carbonyl (C=O) groups excluding carboxylic acids is 2. The maximum Gasteiger partial charge on any atom is 0.260 e. The van der Waals surface area contributed by atoms with E-state index in [9.17, 15) is 9.59 Å². The number of amides is 2. The van der Waals surface area contributed by atoms with Crippen LogP contribution in [-0.4, -0.2) is 38.8 Å². The van der Waals surface area contributed by atoms with Gasteiger partial charge in [-0.1, -0.05) is 24.3 Å². The molecule has 3 aromatic rings. The number of nitrogens with zero attached hydrogens (tertiary/aromatic N) is 2. The highest BCUT2D eigenvalue weighted by Gasteiger charge is 2.30. The molecular formula is C22H19N3O4. The van der Waals surface area contributed by atoms with Gasteiger partial charge < -0.3 is 9.47 Å². The molecule has 0 radical (unpaired) electrons. The lowest BCUT2D eigenvalue weighted by molar-refractivity contribution is -0.119. The molecule has 0 saturated heterocycles. The van der Waals surface area contributed by atoms with Gasteiger partial charge in [-0.3, -0.25) is 14.5 Å². The van der Waals surface area contributed by atoms with E-state index < -0.39 is 5.91 Å². The lowest BCUT2D eigenvalue weighted by Gasteiger charge is -2.16. The summed E-state index contributed by atoms with van der Waals surface area (Å²) in [5.74, 6) is 0.642. The predicted octanol–water partition coefficient (Wildman–Crippen LogP) is 2.97. The molecular weight excluding hydrogens is 370 g/mol. The average molecular weight is 389 g/mol. The summed E-state index contributed by atoms with van der Waals surface area (Å²) in [5.41, 5.74) is 4.49. The SMILES string of the molecule is COc1ccc(/C=N/NC(=O)CN2C(=O)c3cccc4cccc2c34)c(OC)c1. The average Bonchev–Trinajstić information content (AvgIpc) is 3.02. The molecule has 1 aliphatic heterocycles. The topological polar surface area (TPSA) is 80.2 Å². The van der Waals surface area contributed by atoms with Crippen molar-refractivity contribution in [2.75, 3.05) is 25.7 Å². The van der Waals surface area contributed by atoms with E-state index in [1.165, 1.54) is 11.1 Å². The second-order valence-corrected chi connectivity index (χ2v) is 6.47. The molecule has 0 aliphatic carbocycles. The third-order valence-electron chi connectivity index (χ3n) is 4.78. The zero-order valence-electron chi connectivity index (χ0n) is 16.0. The van der Waals surface area contributed by atoms with Crippen LogP contribution >= 0.6 is 0 Å². The Balaban J connectivity index is 1.47. The van der Waals surface area contributed by atoms with Crippen LogP contribution in [0.25, 0.3) is 10.8 Å². The first-order chi connectivity index (χ1) is 14.1. The van der Waals surface area contributed by atoms with Crippen molar-refractivity contribution in [3.05, 3.63) is 65.7 Å². The molecule has 0 fully saturated rings. The summed E-state index contributed by atoms with van der Waals surface area (Å²) in [6, 6.07) is 16.5. The van der Waals surface area contributed by atoms with Crippen molar-refractivity contribution in [3.8, 4) is 11.5 Å². The van der Waals surface area contributed by atoms with Crippen molar-refractivity contribution in [3.63, 3.8) is 0 Å². The summed E-state index contributed by atoms with van der Waals surface area (Å²) < 4.78 is 10.5. The lowest BCUT2D eigenvalue weighted by atomic mass is 10.1. The summed E-state index contributed by atoms with van der Waals surface area (Å²) in [7, 11) is 3.11. The van der Waals surface area contributed by atoms with Gasteiger partial charge >= 0.3 is 0 Å². The number of rotatable bonds is 6. The van der Waals surface area contributed by atoms with Crippen LogP contribution in [0.3, 0.4) is 0 Å². The van der Waals surface area contributed by atoms with Gasteiger partial charge in [-0.25, -0.2) is 5.43 Å². The highest BCUT2D eigenvalue weighted by molar-refractivity contribution is 6.26. The van der Waals surface area contributed by atoms with E-state index >= 15 is 0 Å². The van der Waals surface area contributed by atoms with Crippen molar-refractivity contribution in [1.29, 1.82) is 0 Å². The number of methoxy groups -OCH3 is 2. The molecule has 0 saturated carbocycles. The molecule has 0 unspecified atom stereocenters. The number of nitrogens with one attached hydrogen (secondary N) is 1. The van der Waals surface area contributed by atoms with Crippen LogP contribution in [0, 0.1) is 0 Å². The van der Waals surface area contributed by atoms with Crippen molar-refractivity contribution in [1.82, 2.24) is 5.43 Å². The highest BCUT2D eigenvalue weighted by atomic mass is 16.5. The van der Waals surface area contributed by atoms with E-state index in [4.69, 9.17) is 9.47 Å². The van der Waals surface area contributed by atoms with Gasteiger partial charge in [0.2, 0.25) is 0 Å². The quantitative estimate of drug-likeness (QED) is 0.519. The maximum absolute atomic E-state index is 12.7. The number of carbonyl (C=O) groups is 2. The van der Waals surface area contributed by atoms with Gasteiger partial charge in [-0.2, -0.15) is 5.10 Å². The number of hydrogen-bond acceptors (Lipinski definition) is 5. The van der Waals surface area contributed by atoms with Gasteiger partial charge in [-0.15, -0.1) is 0 Å². The van der Waals surface area contributed by atoms with Gasteiger partial charge in [0.25, 0.3) is 11.8 Å². The van der Waals surface area contributed by atoms with Crippen molar-refractivity contribution < 1.29 is 19.1 Å². The van der Waals surface area contributed by atoms with E-state index in [1.54, 1.807) is 38.5 Å². The van der Waals surface area contributed by atoms with Crippen LogP contribution in [0.5, 0.6) is 11.5 Å². The first-order valence-corrected chi connectivity index (χ1v) is 9.00. The van der Waals surface area contributed by atoms with Crippen LogP contribution in [0.4, 0.5) is 5.69 Å². The third kappa shape index (κ3) is 3.38. The zero-order chi connectivity index (χ0) is 20.4. The molecule has 0 spiro atoms. The van der Waals surface area contributed by atoms with Gasteiger partial charge in [0.15, 0.2) is 0 Å². The summed E-state index contributed by atoms with van der Waals surface area (Å²) in [4.78, 5) is 26.6. The molecule has 7 nitrogen and oxygen atoms in total.